The van der Waals surface area contributed by atoms with E-state index < -0.39 is 0 Å². The Bertz CT molecular complexity index is 500. The van der Waals surface area contributed by atoms with E-state index in [2.05, 4.69) is 4.98 Å². The Balaban J connectivity index is 2.16. The van der Waals surface area contributed by atoms with E-state index in [1.807, 2.05) is 24.3 Å². The first-order valence-electron chi connectivity index (χ1n) is 5.52. The van der Waals surface area contributed by atoms with E-state index in [4.69, 9.17) is 15.2 Å². The average molecular weight is 232 g/mol. The molecule has 1 aromatic heterocycles. The van der Waals surface area contributed by atoms with E-state index in [0.717, 1.165) is 16.5 Å². The van der Waals surface area contributed by atoms with Gasteiger partial charge in [0.2, 0.25) is 0 Å². The van der Waals surface area contributed by atoms with E-state index in [9.17, 15) is 0 Å². The van der Waals surface area contributed by atoms with Gasteiger partial charge in [-0.15, -0.1) is 0 Å². The molecule has 0 bridgehead atoms. The fourth-order valence-electron chi connectivity index (χ4n) is 1.68. The van der Waals surface area contributed by atoms with Crippen molar-refractivity contribution in [2.75, 3.05) is 26.1 Å². The van der Waals surface area contributed by atoms with Crippen LogP contribution >= 0.6 is 0 Å². The number of hydrogen-bond acceptors (Lipinski definition) is 4. The van der Waals surface area contributed by atoms with Crippen LogP contribution in [0.4, 0.5) is 5.82 Å². The molecule has 4 heteroatoms. The van der Waals surface area contributed by atoms with Crippen molar-refractivity contribution >= 4 is 16.7 Å². The van der Waals surface area contributed by atoms with Crippen molar-refractivity contribution in [3.63, 3.8) is 0 Å². The molecule has 0 aliphatic carbocycles. The minimum absolute atomic E-state index is 0.537. The highest BCUT2D eigenvalue weighted by atomic mass is 16.5. The Morgan fingerprint density at radius 1 is 1.18 bits per heavy atom. The summed E-state index contributed by atoms with van der Waals surface area (Å²) in [6.45, 7) is 1.76. The maximum atomic E-state index is 5.65. The lowest BCUT2D eigenvalue weighted by atomic mass is 10.1. The van der Waals surface area contributed by atoms with E-state index in [1.165, 1.54) is 0 Å². The maximum absolute atomic E-state index is 5.65. The van der Waals surface area contributed by atoms with Gasteiger partial charge in [-0.1, -0.05) is 12.1 Å². The van der Waals surface area contributed by atoms with Gasteiger partial charge in [0.05, 0.1) is 25.3 Å². The third-order valence-electron chi connectivity index (χ3n) is 2.53. The van der Waals surface area contributed by atoms with Crippen molar-refractivity contribution in [2.45, 2.75) is 6.61 Å². The first-order chi connectivity index (χ1) is 8.31. The zero-order valence-electron chi connectivity index (χ0n) is 9.85. The summed E-state index contributed by atoms with van der Waals surface area (Å²) < 4.78 is 10.4. The third-order valence-corrected chi connectivity index (χ3v) is 2.53. The lowest BCUT2D eigenvalue weighted by molar-refractivity contribution is 0.0621. The summed E-state index contributed by atoms with van der Waals surface area (Å²) >= 11 is 0. The molecule has 0 aliphatic heterocycles. The second-order valence-electron chi connectivity index (χ2n) is 3.77. The molecule has 2 N–H and O–H groups in total. The monoisotopic (exact) mass is 232 g/mol. The fraction of sp³-hybridized carbons (Fsp3) is 0.308. The summed E-state index contributed by atoms with van der Waals surface area (Å²) in [7, 11) is 1.66. The smallest absolute Gasteiger partial charge is 0.124 e. The standard InChI is InChI=1S/C13H16N2O2/c1-16-7-8-17-9-10-3-2-4-12-11(10)5-6-13(14)15-12/h2-6H,7-9H2,1H3,(H2,14,15). The molecule has 90 valence electrons. The number of methoxy groups -OCH3 is 1. The van der Waals surface area contributed by atoms with Crippen LogP contribution in [0.3, 0.4) is 0 Å². The molecule has 0 spiro atoms. The normalized spacial score (nSPS) is 10.9. The molecule has 0 amide bonds. The van der Waals surface area contributed by atoms with Crippen molar-refractivity contribution in [1.29, 1.82) is 0 Å². The highest BCUT2D eigenvalue weighted by Gasteiger charge is 2.02. The lowest BCUT2D eigenvalue weighted by Gasteiger charge is -2.07. The topological polar surface area (TPSA) is 57.4 Å². The second-order valence-corrected chi connectivity index (χ2v) is 3.77. The molecule has 17 heavy (non-hydrogen) atoms. The Morgan fingerprint density at radius 2 is 2.06 bits per heavy atom. The second kappa shape index (κ2) is 5.61. The lowest BCUT2D eigenvalue weighted by Crippen LogP contribution is -2.02. The molecule has 0 saturated heterocycles. The number of ether oxygens (including phenoxy) is 2. The van der Waals surface area contributed by atoms with Crippen LogP contribution in [-0.4, -0.2) is 25.3 Å². The van der Waals surface area contributed by atoms with Gasteiger partial charge in [-0.3, -0.25) is 0 Å². The Morgan fingerprint density at radius 3 is 2.88 bits per heavy atom. The molecule has 0 aliphatic rings. The highest BCUT2D eigenvalue weighted by molar-refractivity contribution is 5.83. The van der Waals surface area contributed by atoms with Gasteiger partial charge in [0.1, 0.15) is 5.82 Å². The molecule has 0 atom stereocenters. The molecular weight excluding hydrogens is 216 g/mol. The van der Waals surface area contributed by atoms with E-state index in [1.54, 1.807) is 13.2 Å². The number of aromatic nitrogens is 1. The average Bonchev–Trinajstić information content (AvgIpc) is 2.34. The molecular formula is C13H16N2O2. The quantitative estimate of drug-likeness (QED) is 0.801. The van der Waals surface area contributed by atoms with Gasteiger partial charge in [-0.25, -0.2) is 4.98 Å². The molecule has 0 fully saturated rings. The van der Waals surface area contributed by atoms with Crippen molar-refractivity contribution < 1.29 is 9.47 Å². The van der Waals surface area contributed by atoms with Crippen LogP contribution in [0.2, 0.25) is 0 Å². The summed E-state index contributed by atoms with van der Waals surface area (Å²) in [6.07, 6.45) is 0. The van der Waals surface area contributed by atoms with E-state index in [-0.39, 0.29) is 0 Å². The van der Waals surface area contributed by atoms with Crippen LogP contribution in [0, 0.1) is 0 Å². The summed E-state index contributed by atoms with van der Waals surface area (Å²) in [5.74, 6) is 0.537. The zero-order valence-corrected chi connectivity index (χ0v) is 9.85. The van der Waals surface area contributed by atoms with Crippen LogP contribution in [0.5, 0.6) is 0 Å². The van der Waals surface area contributed by atoms with Crippen molar-refractivity contribution in [2.24, 2.45) is 0 Å². The molecule has 0 unspecified atom stereocenters. The minimum Gasteiger partial charge on any atom is -0.384 e. The van der Waals surface area contributed by atoms with Gasteiger partial charge in [0, 0.05) is 12.5 Å². The number of pyridine rings is 1. The van der Waals surface area contributed by atoms with Crippen molar-refractivity contribution in [3.05, 3.63) is 35.9 Å². The number of benzene rings is 1. The Hall–Kier alpha value is -1.65. The largest absolute Gasteiger partial charge is 0.384 e. The summed E-state index contributed by atoms with van der Waals surface area (Å²) in [5.41, 5.74) is 7.67. The Kier molecular flexibility index (Phi) is 3.90. The van der Waals surface area contributed by atoms with Crippen LogP contribution < -0.4 is 5.73 Å². The van der Waals surface area contributed by atoms with Crippen LogP contribution in [0.1, 0.15) is 5.56 Å². The summed E-state index contributed by atoms with van der Waals surface area (Å²) in [6, 6.07) is 9.73. The first-order valence-corrected chi connectivity index (χ1v) is 5.52. The van der Waals surface area contributed by atoms with Crippen LogP contribution in [0.25, 0.3) is 10.9 Å². The SMILES string of the molecule is COCCOCc1cccc2nc(N)ccc12. The zero-order chi connectivity index (χ0) is 12.1. The first kappa shape index (κ1) is 11.8. The fourth-order valence-corrected chi connectivity index (χ4v) is 1.68. The van der Waals surface area contributed by atoms with Gasteiger partial charge < -0.3 is 15.2 Å². The minimum atomic E-state index is 0.537. The number of nitrogens with zero attached hydrogens (tertiary/aromatic N) is 1. The van der Waals surface area contributed by atoms with Gasteiger partial charge in [0.15, 0.2) is 0 Å². The number of hydrogen-bond donors (Lipinski definition) is 1. The number of nitrogen functional groups attached to an aromatic ring is 1. The van der Waals surface area contributed by atoms with Gasteiger partial charge in [0.25, 0.3) is 0 Å². The molecule has 1 aromatic carbocycles. The molecule has 2 aromatic rings. The molecule has 2 rings (SSSR count). The Labute approximate surface area is 100 Å². The van der Waals surface area contributed by atoms with Gasteiger partial charge in [-0.05, 0) is 23.8 Å². The summed E-state index contributed by atoms with van der Waals surface area (Å²) in [5, 5.41) is 1.08. The molecule has 0 saturated carbocycles. The number of anilines is 1. The number of nitrogens with two attached hydrogens (primary N) is 1. The molecule has 1 heterocycles. The number of rotatable bonds is 5. The van der Waals surface area contributed by atoms with Crippen molar-refractivity contribution in [1.82, 2.24) is 4.98 Å². The predicted octanol–water partition coefficient (Wildman–Crippen LogP) is 1.98. The highest BCUT2D eigenvalue weighted by Crippen LogP contribution is 2.19. The van der Waals surface area contributed by atoms with Crippen molar-refractivity contribution in [3.8, 4) is 0 Å². The summed E-state index contributed by atoms with van der Waals surface area (Å²) in [4.78, 5) is 4.28. The van der Waals surface area contributed by atoms with E-state index in [0.29, 0.717) is 25.6 Å². The van der Waals surface area contributed by atoms with Crippen LogP contribution in [-0.2, 0) is 16.1 Å². The maximum Gasteiger partial charge on any atom is 0.124 e. The molecule has 4 nitrogen and oxygen atoms in total. The number of fused-ring (bicyclic) bond motifs is 1. The van der Waals surface area contributed by atoms with Gasteiger partial charge in [-0.2, -0.15) is 0 Å². The van der Waals surface area contributed by atoms with E-state index >= 15 is 0 Å². The van der Waals surface area contributed by atoms with Crippen LogP contribution in [0.15, 0.2) is 30.3 Å². The molecule has 0 radical (unpaired) electrons. The predicted molar refractivity (Wildman–Crippen MR) is 67.7 cm³/mol. The van der Waals surface area contributed by atoms with Gasteiger partial charge >= 0.3 is 0 Å². The third kappa shape index (κ3) is 2.93.